The van der Waals surface area contributed by atoms with E-state index in [9.17, 15) is 0 Å². The molecular weight excluding hydrogens is 247 g/mol. The summed E-state index contributed by atoms with van der Waals surface area (Å²) in [6, 6.07) is 0. The summed E-state index contributed by atoms with van der Waals surface area (Å²) in [5.41, 5.74) is 0. The Morgan fingerprint density at radius 2 is 1.29 bits per heavy atom. The van der Waals surface area contributed by atoms with Gasteiger partial charge in [0.2, 0.25) is 0 Å². The Labute approximate surface area is 108 Å². The van der Waals surface area contributed by atoms with Crippen molar-refractivity contribution in [3.63, 3.8) is 0 Å². The third-order valence-electron chi connectivity index (χ3n) is 1.17. The van der Waals surface area contributed by atoms with Crippen LogP contribution in [-0.2, 0) is 26.2 Å². The van der Waals surface area contributed by atoms with Gasteiger partial charge in [-0.3, -0.25) is 12.2 Å². The molecule has 72 valence electrons. The van der Waals surface area contributed by atoms with Crippen molar-refractivity contribution >= 4 is 0 Å². The smallest absolute Gasteiger partial charge is 0.372 e. The molecule has 0 saturated heterocycles. The van der Waals surface area contributed by atoms with Gasteiger partial charge in [-0.05, 0) is 0 Å². The van der Waals surface area contributed by atoms with Crippen LogP contribution in [0.15, 0.2) is 36.5 Å². The van der Waals surface area contributed by atoms with Crippen LogP contribution in [0.3, 0.4) is 0 Å². The molecule has 0 radical (unpaired) electrons. The molecule has 0 nitrogen and oxygen atoms in total. The maximum Gasteiger partial charge on any atom is 4.00 e. The van der Waals surface area contributed by atoms with Gasteiger partial charge in [-0.15, -0.1) is 12.8 Å². The zero-order valence-corrected chi connectivity index (χ0v) is 11.0. The summed E-state index contributed by atoms with van der Waals surface area (Å²) in [4.78, 5) is 0. The van der Waals surface area contributed by atoms with Gasteiger partial charge in [0.15, 0.2) is 0 Å². The van der Waals surface area contributed by atoms with E-state index in [4.69, 9.17) is 0 Å². The Bertz CT molecular complexity index is 155. The third kappa shape index (κ3) is 14.4. The normalized spacial score (nSPS) is 13.9. The fourth-order valence-electron chi connectivity index (χ4n) is 0.680. The van der Waals surface area contributed by atoms with Crippen LogP contribution in [0.2, 0.25) is 0 Å². The summed E-state index contributed by atoms with van der Waals surface area (Å²) in [6.07, 6.45) is 20.7. The van der Waals surface area contributed by atoms with E-state index in [2.05, 4.69) is 38.2 Å². The second kappa shape index (κ2) is 15.3. The van der Waals surface area contributed by atoms with Gasteiger partial charge in [0.25, 0.3) is 0 Å². The van der Waals surface area contributed by atoms with E-state index >= 15 is 0 Å². The largest absolute Gasteiger partial charge is 4.00 e. The first kappa shape index (κ1) is 16.3. The Hall–Kier alpha value is -0.157. The van der Waals surface area contributed by atoms with Gasteiger partial charge in [-0.25, -0.2) is 24.3 Å². The standard InChI is InChI=1S/2C5H5.C3H6.Zr/c2*1-2-4-5-3-1;1-3-2;/h2*1-3H,4H2;1-3H2;/q2*-1;-2;+4. The van der Waals surface area contributed by atoms with Crippen molar-refractivity contribution in [2.24, 2.45) is 0 Å². The van der Waals surface area contributed by atoms with Crippen molar-refractivity contribution < 1.29 is 26.2 Å². The summed E-state index contributed by atoms with van der Waals surface area (Å²) in [5, 5.41) is 0. The molecule has 0 aromatic rings. The molecule has 0 aromatic carbocycles. The predicted molar refractivity (Wildman–Crippen MR) is 58.5 cm³/mol. The van der Waals surface area contributed by atoms with E-state index in [1.54, 1.807) is 0 Å². The number of hydrogen-bond acceptors (Lipinski definition) is 0. The van der Waals surface area contributed by atoms with Crippen molar-refractivity contribution in [1.82, 2.24) is 0 Å². The summed E-state index contributed by atoms with van der Waals surface area (Å²) < 4.78 is 0. The minimum absolute atomic E-state index is 0. The van der Waals surface area contributed by atoms with E-state index in [1.807, 2.05) is 24.3 Å². The number of hydrogen-bond donors (Lipinski definition) is 0. The molecule has 0 bridgehead atoms. The average Bonchev–Trinajstić information content (AvgIpc) is 2.85. The predicted octanol–water partition coefficient (Wildman–Crippen LogP) is 3.65. The Balaban J connectivity index is 0. The van der Waals surface area contributed by atoms with Crippen LogP contribution in [-0.4, -0.2) is 0 Å². The van der Waals surface area contributed by atoms with Crippen molar-refractivity contribution in [1.29, 1.82) is 0 Å². The van der Waals surface area contributed by atoms with Crippen LogP contribution >= 0.6 is 0 Å². The van der Waals surface area contributed by atoms with Crippen LogP contribution in [0.25, 0.3) is 0 Å². The molecule has 0 fully saturated rings. The Morgan fingerprint density at radius 3 is 1.36 bits per heavy atom. The fourth-order valence-corrected chi connectivity index (χ4v) is 0.680. The van der Waals surface area contributed by atoms with Crippen LogP contribution < -0.4 is 0 Å². The molecule has 2 rings (SSSR count). The van der Waals surface area contributed by atoms with Gasteiger partial charge in [0.1, 0.15) is 0 Å². The van der Waals surface area contributed by atoms with Crippen LogP contribution in [0.1, 0.15) is 19.3 Å². The average molecular weight is 263 g/mol. The second-order valence-corrected chi connectivity index (χ2v) is 2.36. The van der Waals surface area contributed by atoms with Gasteiger partial charge in [-0.2, -0.15) is 12.2 Å². The van der Waals surface area contributed by atoms with Crippen molar-refractivity contribution in [3.8, 4) is 0 Å². The van der Waals surface area contributed by atoms with E-state index < -0.39 is 0 Å². The van der Waals surface area contributed by atoms with E-state index in [0.29, 0.717) is 0 Å². The van der Waals surface area contributed by atoms with Gasteiger partial charge in [0.05, 0.1) is 0 Å². The maximum atomic E-state index is 3.38. The van der Waals surface area contributed by atoms with Crippen molar-refractivity contribution in [2.45, 2.75) is 19.3 Å². The van der Waals surface area contributed by atoms with Crippen molar-refractivity contribution in [2.75, 3.05) is 0 Å². The molecule has 0 aliphatic heterocycles. The first-order valence-corrected chi connectivity index (χ1v) is 4.43. The van der Waals surface area contributed by atoms with Crippen LogP contribution in [0.5, 0.6) is 0 Å². The quantitative estimate of drug-likeness (QED) is 0.585. The number of allylic oxidation sites excluding steroid dienone is 8. The van der Waals surface area contributed by atoms with Gasteiger partial charge in [0, 0.05) is 0 Å². The van der Waals surface area contributed by atoms with Gasteiger partial charge in [-0.1, -0.05) is 0 Å². The van der Waals surface area contributed by atoms with E-state index in [0.717, 1.165) is 19.3 Å². The monoisotopic (exact) mass is 262 g/mol. The Kier molecular flexibility index (Phi) is 17.8. The Morgan fingerprint density at radius 1 is 0.929 bits per heavy atom. The van der Waals surface area contributed by atoms with Crippen LogP contribution in [0.4, 0.5) is 0 Å². The molecule has 2 aliphatic carbocycles. The fraction of sp³-hybridized carbons (Fsp3) is 0.231. The van der Waals surface area contributed by atoms with Crippen LogP contribution in [0, 0.1) is 26.0 Å². The minimum atomic E-state index is 0. The molecule has 2 aliphatic rings. The molecule has 0 unspecified atom stereocenters. The first-order valence-electron chi connectivity index (χ1n) is 4.43. The van der Waals surface area contributed by atoms with Gasteiger partial charge >= 0.3 is 26.2 Å². The summed E-state index contributed by atoms with van der Waals surface area (Å²) in [7, 11) is 0. The van der Waals surface area contributed by atoms with Gasteiger partial charge < -0.3 is 20.3 Å². The third-order valence-corrected chi connectivity index (χ3v) is 1.17. The molecule has 0 aromatic heterocycles. The molecule has 1 heteroatoms. The zero-order valence-electron chi connectivity index (χ0n) is 8.50. The van der Waals surface area contributed by atoms with Crippen molar-refractivity contribution in [3.05, 3.63) is 62.5 Å². The molecule has 0 heterocycles. The topological polar surface area (TPSA) is 0 Å². The molecule has 0 saturated carbocycles. The SMILES string of the molecule is [C-]1=CC=CC1.[C-]1=CC=CC1.[CH2-]C[CH2-].[Zr+4]. The zero-order chi connectivity index (χ0) is 9.78. The second-order valence-electron chi connectivity index (χ2n) is 2.36. The summed E-state index contributed by atoms with van der Waals surface area (Å²) in [6.45, 7) is 6.75. The molecule has 0 N–H and O–H groups in total. The van der Waals surface area contributed by atoms with E-state index in [-0.39, 0.29) is 26.2 Å². The molecule has 0 spiro atoms. The number of rotatable bonds is 0. The maximum absolute atomic E-state index is 3.38. The molecule has 0 atom stereocenters. The molecule has 0 amide bonds. The first-order chi connectivity index (χ1) is 6.41. The summed E-state index contributed by atoms with van der Waals surface area (Å²) in [5.74, 6) is 0. The molecular formula is C13H16Zr. The molecule has 14 heavy (non-hydrogen) atoms. The van der Waals surface area contributed by atoms with E-state index in [1.165, 1.54) is 0 Å². The summed E-state index contributed by atoms with van der Waals surface area (Å²) >= 11 is 0. The minimum Gasteiger partial charge on any atom is -0.372 e.